The van der Waals surface area contributed by atoms with Gasteiger partial charge >= 0.3 is 0 Å². The Morgan fingerprint density at radius 3 is 1.59 bits per heavy atom. The lowest BCUT2D eigenvalue weighted by molar-refractivity contribution is 0.373. The van der Waals surface area contributed by atoms with Gasteiger partial charge in [0.2, 0.25) is 0 Å². The number of aromatic nitrogens is 9. The zero-order chi connectivity index (χ0) is 52.4. The van der Waals surface area contributed by atoms with Gasteiger partial charge in [0.25, 0.3) is 0 Å². The SMILES string of the molecule is C.CC(C)c1cc(-c2ccccc2)no1.CC(C)c1cc(-c2cccnc2)no1.CC(C)c1ncc(-c2ccccc2Cl)s1.Cc1ccc(-c2cn(C(C)C)nn2)cc1.Cc1ccc(-c2cnc(C(C)C)[nH]2)cc1. The van der Waals surface area contributed by atoms with Crippen LogP contribution in [0.15, 0.2) is 167 Å². The predicted molar refractivity (Wildman–Crippen MR) is 307 cm³/mol. The number of imidazole rings is 1. The molecule has 4 aromatic carbocycles. The summed E-state index contributed by atoms with van der Waals surface area (Å²) in [5.74, 6) is 4.57. The van der Waals surface area contributed by atoms with Crippen molar-refractivity contribution in [1.29, 1.82) is 0 Å². The van der Waals surface area contributed by atoms with Crippen molar-refractivity contribution in [1.82, 2.24) is 45.2 Å². The smallest absolute Gasteiger partial charge is 0.139 e. The van der Waals surface area contributed by atoms with Gasteiger partial charge in [-0.15, -0.1) is 16.4 Å². The van der Waals surface area contributed by atoms with Gasteiger partial charge in [0.15, 0.2) is 0 Å². The molecule has 74 heavy (non-hydrogen) atoms. The van der Waals surface area contributed by atoms with Crippen molar-refractivity contribution in [2.45, 2.75) is 120 Å². The first-order chi connectivity index (χ1) is 35.1. The minimum absolute atomic E-state index is 0. The van der Waals surface area contributed by atoms with Crippen molar-refractivity contribution in [3.05, 3.63) is 197 Å². The third-order valence-corrected chi connectivity index (χ3v) is 12.9. The number of H-pyrrole nitrogens is 1. The Labute approximate surface area is 447 Å². The quantitative estimate of drug-likeness (QED) is 0.142. The fraction of sp³-hybridized carbons (Fsp3) is 0.295. The summed E-state index contributed by atoms with van der Waals surface area (Å²) in [4.78, 5) is 17.3. The maximum atomic E-state index is 6.13. The molecule has 386 valence electrons. The van der Waals surface area contributed by atoms with Crippen molar-refractivity contribution < 1.29 is 9.05 Å². The molecule has 0 aliphatic carbocycles. The van der Waals surface area contributed by atoms with Gasteiger partial charge in [-0.25, -0.2) is 14.6 Å². The molecule has 0 aliphatic heterocycles. The lowest BCUT2D eigenvalue weighted by Crippen LogP contribution is -2.00. The average molecular weight is 1030 g/mol. The van der Waals surface area contributed by atoms with E-state index in [-0.39, 0.29) is 7.43 Å². The second-order valence-electron chi connectivity index (χ2n) is 19.1. The van der Waals surface area contributed by atoms with E-state index >= 15 is 0 Å². The Balaban J connectivity index is 0.000000171. The van der Waals surface area contributed by atoms with E-state index in [1.807, 2.05) is 102 Å². The Morgan fingerprint density at radius 1 is 0.554 bits per heavy atom. The van der Waals surface area contributed by atoms with Gasteiger partial charge in [0.1, 0.15) is 34.4 Å². The van der Waals surface area contributed by atoms with Gasteiger partial charge in [0, 0.05) is 87.7 Å². The number of halogens is 1. The molecule has 0 fully saturated rings. The number of nitrogens with one attached hydrogen (secondary N) is 1. The summed E-state index contributed by atoms with van der Waals surface area (Å²) in [6.07, 6.45) is 9.31. The van der Waals surface area contributed by atoms with Crippen LogP contribution in [-0.2, 0) is 0 Å². The first-order valence-electron chi connectivity index (χ1n) is 24.8. The highest BCUT2D eigenvalue weighted by molar-refractivity contribution is 7.15. The minimum atomic E-state index is 0. The van der Waals surface area contributed by atoms with Crippen LogP contribution in [0.5, 0.6) is 0 Å². The molecule has 0 unspecified atom stereocenters. The molecule has 0 radical (unpaired) electrons. The maximum absolute atomic E-state index is 6.13. The molecule has 13 heteroatoms. The summed E-state index contributed by atoms with van der Waals surface area (Å²) in [6, 6.07) is 42.9. The van der Waals surface area contributed by atoms with E-state index < -0.39 is 0 Å². The maximum Gasteiger partial charge on any atom is 0.139 e. The average Bonchev–Trinajstić information content (AvgIpc) is 4.26. The first-order valence-corrected chi connectivity index (χ1v) is 26.0. The molecule has 0 spiro atoms. The van der Waals surface area contributed by atoms with E-state index in [2.05, 4.69) is 172 Å². The molecule has 6 heterocycles. The molecule has 0 bridgehead atoms. The number of benzene rings is 4. The van der Waals surface area contributed by atoms with Gasteiger partial charge in [-0.05, 0) is 51.5 Å². The molecule has 10 aromatic rings. The number of hydrogen-bond acceptors (Lipinski definition) is 10. The highest BCUT2D eigenvalue weighted by Gasteiger charge is 2.12. The van der Waals surface area contributed by atoms with Gasteiger partial charge in [-0.3, -0.25) is 4.98 Å². The van der Waals surface area contributed by atoms with Crippen LogP contribution in [-0.4, -0.2) is 45.2 Å². The predicted octanol–water partition coefficient (Wildman–Crippen LogP) is 17.9. The van der Waals surface area contributed by atoms with E-state index in [0.29, 0.717) is 29.7 Å². The fourth-order valence-electron chi connectivity index (χ4n) is 6.75. The molecule has 0 saturated heterocycles. The lowest BCUT2D eigenvalue weighted by Gasteiger charge is -2.01. The summed E-state index contributed by atoms with van der Waals surface area (Å²) in [7, 11) is 0. The Hall–Kier alpha value is -7.28. The van der Waals surface area contributed by atoms with Crippen LogP contribution in [0.25, 0.3) is 55.5 Å². The molecule has 10 rings (SSSR count). The molecule has 11 nitrogen and oxygen atoms in total. The normalized spacial score (nSPS) is 10.7. The van der Waals surface area contributed by atoms with Crippen LogP contribution >= 0.6 is 22.9 Å². The monoisotopic (exact) mass is 1030 g/mol. The number of thiazole rings is 1. The van der Waals surface area contributed by atoms with Crippen molar-refractivity contribution >= 4 is 22.9 Å². The van der Waals surface area contributed by atoms with Crippen LogP contribution in [0.1, 0.15) is 140 Å². The van der Waals surface area contributed by atoms with Crippen LogP contribution < -0.4 is 0 Å². The highest BCUT2D eigenvalue weighted by atomic mass is 35.5. The zero-order valence-corrected chi connectivity index (χ0v) is 45.7. The highest BCUT2D eigenvalue weighted by Crippen LogP contribution is 2.34. The molecule has 0 amide bonds. The summed E-state index contributed by atoms with van der Waals surface area (Å²) in [6.45, 7) is 25.3. The molecule has 0 atom stereocenters. The third kappa shape index (κ3) is 16.9. The summed E-state index contributed by atoms with van der Waals surface area (Å²) in [5.41, 5.74) is 11.8. The number of hydrogen-bond donors (Lipinski definition) is 1. The Bertz CT molecular complexity index is 2980. The van der Waals surface area contributed by atoms with E-state index in [1.165, 1.54) is 16.7 Å². The number of aryl methyl sites for hydroxylation is 2. The zero-order valence-electron chi connectivity index (χ0n) is 44.1. The van der Waals surface area contributed by atoms with E-state index in [1.54, 1.807) is 23.7 Å². The first kappa shape index (κ1) is 57.6. The third-order valence-electron chi connectivity index (χ3n) is 11.3. The van der Waals surface area contributed by atoms with Gasteiger partial charge in [-0.1, -0.05) is 198 Å². The van der Waals surface area contributed by atoms with Crippen molar-refractivity contribution in [2.24, 2.45) is 0 Å². The molecular weight excluding hydrogens is 958 g/mol. The van der Waals surface area contributed by atoms with Crippen molar-refractivity contribution in [3.63, 3.8) is 0 Å². The van der Waals surface area contributed by atoms with Crippen LogP contribution in [0.2, 0.25) is 5.02 Å². The largest absolute Gasteiger partial charge is 0.361 e. The van der Waals surface area contributed by atoms with Gasteiger partial charge < -0.3 is 14.0 Å². The second-order valence-corrected chi connectivity index (χ2v) is 20.6. The standard InChI is InChI=1S/C13H16N2.C12H12ClNS.C12H15N3.C12H13NO.C11H12N2O.CH4/c1-9(2)13-14-8-12(15-13)11-6-4-10(3)5-7-11;1-8(2)12-14-7-11(15-12)9-5-3-4-6-10(9)13;1-9(2)15-8-12(13-14-15)11-6-4-10(3)5-7-11;1-9(2)12-8-11(13-14-12)10-6-4-3-5-7-10;1-8(2)11-6-10(13-14-11)9-4-3-5-12-7-9;/h4-9H,1-3H3,(H,14,15);3-8H,1-2H3;4-9H,1-3H3;3-9H,1-2H3;3-8H,1-2H3;1H4. The Kier molecular flexibility index (Phi) is 22.0. The molecule has 0 aliphatic rings. The minimum Gasteiger partial charge on any atom is -0.361 e. The topological polar surface area (TPSA) is 137 Å². The van der Waals surface area contributed by atoms with Crippen LogP contribution in [0.4, 0.5) is 0 Å². The van der Waals surface area contributed by atoms with Crippen molar-refractivity contribution in [2.75, 3.05) is 0 Å². The molecule has 6 aromatic heterocycles. The molecule has 0 saturated carbocycles. The van der Waals surface area contributed by atoms with E-state index in [4.69, 9.17) is 20.6 Å². The van der Waals surface area contributed by atoms with E-state index in [9.17, 15) is 0 Å². The van der Waals surface area contributed by atoms with Crippen LogP contribution in [0, 0.1) is 13.8 Å². The molecule has 1 N–H and O–H groups in total. The summed E-state index contributed by atoms with van der Waals surface area (Å²) < 4.78 is 12.3. The van der Waals surface area contributed by atoms with Crippen molar-refractivity contribution in [3.8, 4) is 55.5 Å². The summed E-state index contributed by atoms with van der Waals surface area (Å²) >= 11 is 7.84. The lowest BCUT2D eigenvalue weighted by atomic mass is 10.1. The van der Waals surface area contributed by atoms with Gasteiger partial charge in [-0.2, -0.15) is 0 Å². The van der Waals surface area contributed by atoms with E-state index in [0.717, 1.165) is 77.3 Å². The Morgan fingerprint density at radius 2 is 1.11 bits per heavy atom. The summed E-state index contributed by atoms with van der Waals surface area (Å²) in [5, 5.41) is 18.2. The number of nitrogens with zero attached hydrogens (tertiary/aromatic N) is 8. The van der Waals surface area contributed by atoms with Crippen LogP contribution in [0.3, 0.4) is 0 Å². The molecular formula is C61H72ClN9O2S. The fourth-order valence-corrected chi connectivity index (χ4v) is 8.01. The number of rotatable bonds is 10. The number of pyridine rings is 1. The second kappa shape index (κ2) is 28.2. The number of aromatic amines is 1. The van der Waals surface area contributed by atoms with Gasteiger partial charge in [0.05, 0.1) is 28.0 Å².